The van der Waals surface area contributed by atoms with Crippen LogP contribution in [0.15, 0.2) is 12.2 Å². The second-order valence-electron chi connectivity index (χ2n) is 12.0. The number of hydrogen-bond donors (Lipinski definition) is 0. The SMILES string of the molecule is CCCCCCCC/C=C\CCCCCCCC(CCCCCCCCCCCCCC)N1CCOC1=O. The van der Waals surface area contributed by atoms with Crippen LogP contribution in [-0.2, 0) is 4.74 Å². The van der Waals surface area contributed by atoms with E-state index in [-0.39, 0.29) is 6.09 Å². The number of amides is 1. The number of hydrogen-bond acceptors (Lipinski definition) is 2. The van der Waals surface area contributed by atoms with Crippen molar-refractivity contribution in [2.45, 2.75) is 193 Å². The van der Waals surface area contributed by atoms with Gasteiger partial charge in [0.05, 0.1) is 6.54 Å². The molecule has 1 amide bonds. The van der Waals surface area contributed by atoms with E-state index in [0.717, 1.165) is 19.4 Å². The Hall–Kier alpha value is -0.990. The van der Waals surface area contributed by atoms with E-state index in [9.17, 15) is 4.79 Å². The summed E-state index contributed by atoms with van der Waals surface area (Å²) >= 11 is 0. The highest BCUT2D eigenvalue weighted by atomic mass is 16.6. The van der Waals surface area contributed by atoms with Crippen LogP contribution in [0.5, 0.6) is 0 Å². The molecule has 0 spiro atoms. The number of unbranched alkanes of at least 4 members (excludes halogenated alkanes) is 22. The van der Waals surface area contributed by atoms with Gasteiger partial charge < -0.3 is 9.64 Å². The van der Waals surface area contributed by atoms with Gasteiger partial charge >= 0.3 is 6.09 Å². The quantitative estimate of drug-likeness (QED) is 0.0706. The van der Waals surface area contributed by atoms with Crippen LogP contribution in [0.25, 0.3) is 0 Å². The highest BCUT2D eigenvalue weighted by molar-refractivity contribution is 5.69. The molecule has 1 fully saturated rings. The van der Waals surface area contributed by atoms with Crippen LogP contribution in [0.2, 0.25) is 0 Å². The molecule has 38 heavy (non-hydrogen) atoms. The van der Waals surface area contributed by atoms with Gasteiger partial charge in [0.15, 0.2) is 0 Å². The summed E-state index contributed by atoms with van der Waals surface area (Å²) in [6, 6.07) is 0.401. The molecule has 224 valence electrons. The fourth-order valence-corrected chi connectivity index (χ4v) is 5.86. The smallest absolute Gasteiger partial charge is 0.410 e. The lowest BCUT2D eigenvalue weighted by Crippen LogP contribution is -2.36. The van der Waals surface area contributed by atoms with Gasteiger partial charge in [0.1, 0.15) is 6.61 Å². The number of cyclic esters (lactones) is 1. The second kappa shape index (κ2) is 27.6. The molecule has 1 atom stereocenters. The summed E-state index contributed by atoms with van der Waals surface area (Å²) in [6.07, 6.45) is 41.1. The van der Waals surface area contributed by atoms with Crippen LogP contribution < -0.4 is 0 Å². The molecule has 0 aromatic heterocycles. The van der Waals surface area contributed by atoms with E-state index in [4.69, 9.17) is 4.74 Å². The van der Waals surface area contributed by atoms with Crippen molar-refractivity contribution in [3.63, 3.8) is 0 Å². The first-order valence-corrected chi connectivity index (χ1v) is 17.4. The molecule has 1 aliphatic rings. The molecule has 1 heterocycles. The third-order valence-corrected chi connectivity index (χ3v) is 8.42. The Bertz CT molecular complexity index is 532. The van der Waals surface area contributed by atoms with Gasteiger partial charge in [-0.15, -0.1) is 0 Å². The number of allylic oxidation sites excluding steroid dienone is 2. The maximum Gasteiger partial charge on any atom is 0.410 e. The first-order valence-electron chi connectivity index (χ1n) is 17.4. The van der Waals surface area contributed by atoms with Crippen molar-refractivity contribution in [2.24, 2.45) is 0 Å². The van der Waals surface area contributed by atoms with E-state index in [2.05, 4.69) is 26.0 Å². The Morgan fingerprint density at radius 1 is 0.579 bits per heavy atom. The Labute approximate surface area is 238 Å². The summed E-state index contributed by atoms with van der Waals surface area (Å²) in [6.45, 7) is 5.96. The molecule has 1 rings (SSSR count). The third kappa shape index (κ3) is 20.9. The third-order valence-electron chi connectivity index (χ3n) is 8.42. The fourth-order valence-electron chi connectivity index (χ4n) is 5.86. The van der Waals surface area contributed by atoms with Gasteiger partial charge in [0, 0.05) is 6.04 Å². The summed E-state index contributed by atoms with van der Waals surface area (Å²) < 4.78 is 5.27. The van der Waals surface area contributed by atoms with Gasteiger partial charge in [-0.25, -0.2) is 4.79 Å². The first-order chi connectivity index (χ1) is 18.8. The van der Waals surface area contributed by atoms with E-state index < -0.39 is 0 Å². The van der Waals surface area contributed by atoms with E-state index >= 15 is 0 Å². The van der Waals surface area contributed by atoms with Crippen molar-refractivity contribution in [3.8, 4) is 0 Å². The van der Waals surface area contributed by atoms with E-state index in [0.29, 0.717) is 12.6 Å². The van der Waals surface area contributed by atoms with Crippen LogP contribution >= 0.6 is 0 Å². The maximum absolute atomic E-state index is 12.2. The zero-order chi connectivity index (χ0) is 27.4. The Morgan fingerprint density at radius 3 is 1.32 bits per heavy atom. The molecule has 1 unspecified atom stereocenters. The Morgan fingerprint density at radius 2 is 0.947 bits per heavy atom. The van der Waals surface area contributed by atoms with Crippen LogP contribution in [0.3, 0.4) is 0 Å². The highest BCUT2D eigenvalue weighted by Crippen LogP contribution is 2.22. The summed E-state index contributed by atoms with van der Waals surface area (Å²) in [5.41, 5.74) is 0. The molecular formula is C35H67NO2. The molecule has 0 aromatic rings. The predicted molar refractivity (Wildman–Crippen MR) is 167 cm³/mol. The van der Waals surface area contributed by atoms with Crippen molar-refractivity contribution < 1.29 is 9.53 Å². The van der Waals surface area contributed by atoms with Gasteiger partial charge in [0.2, 0.25) is 0 Å². The first kappa shape index (κ1) is 35.0. The zero-order valence-corrected chi connectivity index (χ0v) is 26.0. The van der Waals surface area contributed by atoms with Gasteiger partial charge in [-0.05, 0) is 38.5 Å². The standard InChI is InChI=1S/C35H67NO2/c1-3-5-7-9-11-13-15-17-18-19-21-23-25-27-29-31-34(36-32-33-38-35(36)37)30-28-26-24-22-20-16-14-12-10-8-6-4-2/h17-18,34H,3-16,19-33H2,1-2H3/b18-17-. The van der Waals surface area contributed by atoms with Gasteiger partial charge in [-0.3, -0.25) is 0 Å². The lowest BCUT2D eigenvalue weighted by atomic mass is 9.98. The molecule has 0 aromatic carbocycles. The average molecular weight is 534 g/mol. The molecular weight excluding hydrogens is 466 g/mol. The van der Waals surface area contributed by atoms with E-state index in [1.54, 1.807) is 0 Å². The van der Waals surface area contributed by atoms with Gasteiger partial charge in [-0.2, -0.15) is 0 Å². The molecule has 3 nitrogen and oxygen atoms in total. The van der Waals surface area contributed by atoms with E-state index in [1.165, 1.54) is 161 Å². The molecule has 3 heteroatoms. The summed E-state index contributed by atoms with van der Waals surface area (Å²) in [7, 11) is 0. The minimum absolute atomic E-state index is 0.0679. The average Bonchev–Trinajstić information content (AvgIpc) is 3.35. The Balaban J connectivity index is 2.02. The Kier molecular flexibility index (Phi) is 25.4. The van der Waals surface area contributed by atoms with Gasteiger partial charge in [0.25, 0.3) is 0 Å². The van der Waals surface area contributed by atoms with Crippen molar-refractivity contribution in [2.75, 3.05) is 13.2 Å². The molecule has 0 saturated carbocycles. The topological polar surface area (TPSA) is 29.5 Å². The second-order valence-corrected chi connectivity index (χ2v) is 12.0. The number of carbonyl (C=O) groups is 1. The fraction of sp³-hybridized carbons (Fsp3) is 0.914. The lowest BCUT2D eigenvalue weighted by molar-refractivity contribution is 0.142. The van der Waals surface area contributed by atoms with Crippen molar-refractivity contribution in [3.05, 3.63) is 12.2 Å². The molecule has 0 N–H and O–H groups in total. The van der Waals surface area contributed by atoms with Gasteiger partial charge in [-0.1, -0.05) is 161 Å². The summed E-state index contributed by atoms with van der Waals surface area (Å²) in [4.78, 5) is 14.2. The predicted octanol–water partition coefficient (Wildman–Crippen LogP) is 11.9. The molecule has 1 aliphatic heterocycles. The van der Waals surface area contributed by atoms with E-state index in [1.807, 2.05) is 4.90 Å². The number of rotatable bonds is 29. The van der Waals surface area contributed by atoms with Crippen LogP contribution in [-0.4, -0.2) is 30.2 Å². The lowest BCUT2D eigenvalue weighted by Gasteiger charge is -2.25. The number of ether oxygens (including phenoxy) is 1. The largest absolute Gasteiger partial charge is 0.448 e. The summed E-state index contributed by atoms with van der Waals surface area (Å²) in [5, 5.41) is 0. The van der Waals surface area contributed by atoms with Crippen molar-refractivity contribution in [1.82, 2.24) is 4.90 Å². The minimum atomic E-state index is -0.0679. The monoisotopic (exact) mass is 534 g/mol. The molecule has 0 bridgehead atoms. The van der Waals surface area contributed by atoms with Crippen molar-refractivity contribution >= 4 is 6.09 Å². The van der Waals surface area contributed by atoms with Crippen LogP contribution in [0.1, 0.15) is 187 Å². The number of carbonyl (C=O) groups excluding carboxylic acids is 1. The maximum atomic E-state index is 12.2. The van der Waals surface area contributed by atoms with Crippen molar-refractivity contribution in [1.29, 1.82) is 0 Å². The molecule has 1 saturated heterocycles. The highest BCUT2D eigenvalue weighted by Gasteiger charge is 2.28. The molecule has 0 radical (unpaired) electrons. The van der Waals surface area contributed by atoms with Crippen LogP contribution in [0.4, 0.5) is 4.79 Å². The van der Waals surface area contributed by atoms with Crippen LogP contribution in [0, 0.1) is 0 Å². The molecule has 0 aliphatic carbocycles. The summed E-state index contributed by atoms with van der Waals surface area (Å²) in [5.74, 6) is 0. The number of nitrogens with zero attached hydrogens (tertiary/aromatic N) is 1. The normalized spacial score (nSPS) is 14.6. The minimum Gasteiger partial charge on any atom is -0.448 e. The zero-order valence-electron chi connectivity index (χ0n) is 26.0.